The van der Waals surface area contributed by atoms with Crippen LogP contribution in [-0.4, -0.2) is 28.4 Å². The lowest BCUT2D eigenvalue weighted by Crippen LogP contribution is -2.14. The Hall–Kier alpha value is -4.94. The van der Waals surface area contributed by atoms with Crippen LogP contribution in [0.25, 0.3) is 0 Å². The summed E-state index contributed by atoms with van der Waals surface area (Å²) in [6.07, 6.45) is 0. The van der Waals surface area contributed by atoms with Crippen LogP contribution >= 0.6 is 0 Å². The van der Waals surface area contributed by atoms with Crippen LogP contribution in [0.1, 0.15) is 0 Å². The lowest BCUT2D eigenvalue weighted by molar-refractivity contribution is 0.414. The highest BCUT2D eigenvalue weighted by atomic mass is 16.5. The zero-order valence-electron chi connectivity index (χ0n) is 23.1. The molecule has 0 unspecified atom stereocenters. The Labute approximate surface area is 235 Å². The van der Waals surface area contributed by atoms with E-state index in [0.29, 0.717) is 0 Å². The van der Waals surface area contributed by atoms with Gasteiger partial charge in [0.25, 0.3) is 0 Å². The summed E-state index contributed by atoms with van der Waals surface area (Å²) in [5.74, 6) is 3.21. The molecule has 0 saturated carbocycles. The second-order valence-corrected chi connectivity index (χ2v) is 8.98. The van der Waals surface area contributed by atoms with Gasteiger partial charge in [-0.3, -0.25) is 0 Å². The second kappa shape index (κ2) is 12.3. The Morgan fingerprint density at radius 3 is 1.15 bits per heavy atom. The summed E-state index contributed by atoms with van der Waals surface area (Å²) in [5.41, 5.74) is 6.01. The van der Waals surface area contributed by atoms with Gasteiger partial charge in [-0.2, -0.15) is 0 Å². The van der Waals surface area contributed by atoms with E-state index in [1.807, 2.05) is 48.5 Å². The molecule has 0 aliphatic heterocycles. The van der Waals surface area contributed by atoms with Gasteiger partial charge in [0.2, 0.25) is 0 Å². The summed E-state index contributed by atoms with van der Waals surface area (Å²) < 4.78 is 21.7. The molecule has 0 amide bonds. The molecule has 0 heterocycles. The number of rotatable bonds is 10. The third kappa shape index (κ3) is 5.72. The molecule has 0 bridgehead atoms. The van der Waals surface area contributed by atoms with E-state index in [4.69, 9.17) is 18.9 Å². The summed E-state index contributed by atoms with van der Waals surface area (Å²) in [4.78, 5) is 4.42. The molecule has 5 aromatic rings. The summed E-state index contributed by atoms with van der Waals surface area (Å²) in [5, 5.41) is 0. The van der Waals surface area contributed by atoms with Crippen molar-refractivity contribution in [2.75, 3.05) is 33.3 Å². The van der Waals surface area contributed by atoms with Crippen LogP contribution in [0.15, 0.2) is 121 Å². The van der Waals surface area contributed by atoms with E-state index in [0.717, 1.165) is 57.1 Å². The molecule has 0 spiro atoms. The normalized spacial score (nSPS) is 10.7. The maximum atomic E-state index is 5.41. The average molecular weight is 533 g/mol. The van der Waals surface area contributed by atoms with Gasteiger partial charge >= 0.3 is 0 Å². The summed E-state index contributed by atoms with van der Waals surface area (Å²) in [6, 6.07) is 40.7. The molecule has 201 valence electrons. The predicted molar refractivity (Wildman–Crippen MR) is 161 cm³/mol. The fraction of sp³-hybridized carbons (Fsp3) is 0.118. The van der Waals surface area contributed by atoms with Gasteiger partial charge in [-0.25, -0.2) is 0 Å². The highest BCUT2D eigenvalue weighted by Gasteiger charge is 2.27. The van der Waals surface area contributed by atoms with Crippen molar-refractivity contribution in [2.24, 2.45) is 0 Å². The van der Waals surface area contributed by atoms with Crippen LogP contribution in [-0.2, 0) is 0 Å². The third-order valence-corrected chi connectivity index (χ3v) is 6.67. The Kier molecular flexibility index (Phi) is 8.18. The summed E-state index contributed by atoms with van der Waals surface area (Å²) in [7, 11) is 6.69. The highest BCUT2D eigenvalue weighted by Crippen LogP contribution is 2.41. The number of ether oxygens (including phenoxy) is 4. The predicted octanol–water partition coefficient (Wildman–Crippen LogP) is 8.63. The fourth-order valence-electron chi connectivity index (χ4n) is 4.59. The van der Waals surface area contributed by atoms with Crippen molar-refractivity contribution in [3.63, 3.8) is 0 Å². The molecule has 5 aromatic carbocycles. The Morgan fingerprint density at radius 2 is 0.775 bits per heavy atom. The Morgan fingerprint density at radius 1 is 0.400 bits per heavy atom. The lowest BCUT2D eigenvalue weighted by Gasteiger charge is -2.26. The van der Waals surface area contributed by atoms with E-state index in [1.165, 1.54) is 0 Å². The minimum atomic E-state index is 0.803. The fourth-order valence-corrected chi connectivity index (χ4v) is 4.59. The number of benzene rings is 5. The van der Waals surface area contributed by atoms with E-state index in [9.17, 15) is 0 Å². The maximum Gasteiger partial charge on any atom is 0.194 e. The van der Waals surface area contributed by atoms with E-state index < -0.39 is 0 Å². The van der Waals surface area contributed by atoms with Gasteiger partial charge in [-0.15, -0.1) is 0 Å². The van der Waals surface area contributed by atoms with Gasteiger partial charge in [-0.1, -0.05) is 11.0 Å². The minimum Gasteiger partial charge on any atom is -0.497 e. The third-order valence-electron chi connectivity index (χ3n) is 6.67. The molecule has 0 fully saturated rings. The molecule has 1 radical (unpaired) electrons. The molecule has 0 aliphatic carbocycles. The molecule has 0 N–H and O–H groups in total. The average Bonchev–Trinajstić information content (AvgIpc) is 3.03. The van der Waals surface area contributed by atoms with E-state index >= 15 is 0 Å². The standard InChI is InChI=1S/C34H32N2O4/c1-37-31-16-8-25(9-17-31)35(26-10-18-32(38-2)19-11-26)29-6-5-7-30(24-29)36(27-12-20-33(39-3)21-13-27)28-14-22-34(40-4)23-15-28/h5-24H,1-4H3/q+1. The first-order valence-electron chi connectivity index (χ1n) is 12.9. The largest absolute Gasteiger partial charge is 0.497 e. The van der Waals surface area contributed by atoms with Gasteiger partial charge in [0, 0.05) is 47.8 Å². The molecular formula is C34H32N2O4+. The first kappa shape index (κ1) is 26.7. The SMILES string of the molecule is COc1ccc(N(c2ccc(OC)cc2)c2cccc([N+](c3ccc(OC)cc3)c3ccc(OC)cc3)c2)cc1. The minimum absolute atomic E-state index is 0.803. The van der Waals surface area contributed by atoms with Crippen LogP contribution < -0.4 is 28.7 Å². The zero-order valence-corrected chi connectivity index (χ0v) is 23.1. The molecular weight excluding hydrogens is 500 g/mol. The van der Waals surface area contributed by atoms with Gasteiger partial charge in [0.15, 0.2) is 17.1 Å². The molecule has 6 nitrogen and oxygen atoms in total. The lowest BCUT2D eigenvalue weighted by atomic mass is 10.1. The number of hydrogen-bond donors (Lipinski definition) is 0. The van der Waals surface area contributed by atoms with Crippen molar-refractivity contribution in [1.29, 1.82) is 0 Å². The van der Waals surface area contributed by atoms with E-state index in [2.05, 4.69) is 82.6 Å². The van der Waals surface area contributed by atoms with Crippen molar-refractivity contribution in [1.82, 2.24) is 4.90 Å². The molecule has 0 aliphatic rings. The van der Waals surface area contributed by atoms with Gasteiger partial charge in [0.05, 0.1) is 34.1 Å². The van der Waals surface area contributed by atoms with Crippen LogP contribution in [0.4, 0.5) is 34.1 Å². The number of hydrogen-bond acceptors (Lipinski definition) is 6. The van der Waals surface area contributed by atoms with E-state index in [-0.39, 0.29) is 0 Å². The van der Waals surface area contributed by atoms with Gasteiger partial charge in [0.1, 0.15) is 23.0 Å². The van der Waals surface area contributed by atoms with Crippen molar-refractivity contribution in [2.45, 2.75) is 0 Å². The Balaban J connectivity index is 1.63. The van der Waals surface area contributed by atoms with Crippen molar-refractivity contribution < 1.29 is 18.9 Å². The van der Waals surface area contributed by atoms with Crippen LogP contribution in [0.5, 0.6) is 23.0 Å². The molecule has 0 aromatic heterocycles. The van der Waals surface area contributed by atoms with E-state index in [1.54, 1.807) is 28.4 Å². The molecule has 0 atom stereocenters. The molecule has 0 saturated heterocycles. The molecule has 6 heteroatoms. The smallest absolute Gasteiger partial charge is 0.194 e. The number of methoxy groups -OCH3 is 4. The Bertz CT molecular complexity index is 1310. The number of anilines is 6. The van der Waals surface area contributed by atoms with Crippen LogP contribution in [0.2, 0.25) is 0 Å². The van der Waals surface area contributed by atoms with Crippen molar-refractivity contribution in [3.05, 3.63) is 121 Å². The van der Waals surface area contributed by atoms with Gasteiger partial charge < -0.3 is 23.8 Å². The molecule has 40 heavy (non-hydrogen) atoms. The van der Waals surface area contributed by atoms with Crippen LogP contribution in [0, 0.1) is 0 Å². The molecule has 5 rings (SSSR count). The summed E-state index contributed by atoms with van der Waals surface area (Å²) in [6.45, 7) is 0. The quantitative estimate of drug-likeness (QED) is 0.169. The van der Waals surface area contributed by atoms with Crippen molar-refractivity contribution in [3.8, 4) is 23.0 Å². The summed E-state index contributed by atoms with van der Waals surface area (Å²) >= 11 is 0. The highest BCUT2D eigenvalue weighted by molar-refractivity contribution is 5.80. The first-order valence-corrected chi connectivity index (χ1v) is 12.9. The maximum absolute atomic E-state index is 5.41. The van der Waals surface area contributed by atoms with Gasteiger partial charge in [-0.05, 0) is 78.9 Å². The second-order valence-electron chi connectivity index (χ2n) is 8.98. The topological polar surface area (TPSA) is 46.1 Å². The zero-order chi connectivity index (χ0) is 27.9. The number of nitrogens with zero attached hydrogens (tertiary/aromatic N) is 2. The first-order chi connectivity index (χ1) is 19.6. The monoisotopic (exact) mass is 532 g/mol. The van der Waals surface area contributed by atoms with Crippen molar-refractivity contribution >= 4 is 34.1 Å². The van der Waals surface area contributed by atoms with Crippen LogP contribution in [0.3, 0.4) is 0 Å².